The molecule has 5 rings (SSSR count). The molecule has 0 spiro atoms. The molecule has 0 N–H and O–H groups in total. The molecule has 0 radical (unpaired) electrons. The Morgan fingerprint density at radius 2 is 1.74 bits per heavy atom. The summed E-state index contributed by atoms with van der Waals surface area (Å²) < 4.78 is 5.34. The normalized spacial score (nSPS) is 20.1. The predicted octanol–water partition coefficient (Wildman–Crippen LogP) is 3.10. The van der Waals surface area contributed by atoms with Gasteiger partial charge < -0.3 is 4.52 Å². The van der Waals surface area contributed by atoms with Crippen molar-refractivity contribution in [2.24, 2.45) is 10.3 Å². The van der Waals surface area contributed by atoms with Crippen molar-refractivity contribution >= 4 is 17.5 Å². The Kier molecular flexibility index (Phi) is 4.58. The van der Waals surface area contributed by atoms with Crippen LogP contribution in [0.3, 0.4) is 0 Å². The van der Waals surface area contributed by atoms with Crippen LogP contribution in [0.5, 0.6) is 0 Å². The fraction of sp³-hybridized carbons (Fsp3) is 0.273. The first-order valence-electron chi connectivity index (χ1n) is 10.1. The van der Waals surface area contributed by atoms with Gasteiger partial charge in [-0.3, -0.25) is 14.6 Å². The molecule has 2 amide bonds. The first-order chi connectivity index (χ1) is 15.0. The zero-order valence-corrected chi connectivity index (χ0v) is 17.1. The van der Waals surface area contributed by atoms with Gasteiger partial charge in [0.25, 0.3) is 11.8 Å². The summed E-state index contributed by atoms with van der Waals surface area (Å²) in [6.45, 7) is 4.14. The second-order valence-electron chi connectivity index (χ2n) is 7.60. The maximum absolute atomic E-state index is 13.1. The second-order valence-corrected chi connectivity index (χ2v) is 7.60. The van der Waals surface area contributed by atoms with Crippen molar-refractivity contribution in [3.05, 3.63) is 65.5 Å². The molecule has 1 aromatic heterocycles. The first kappa shape index (κ1) is 19.1. The van der Waals surface area contributed by atoms with Crippen LogP contribution in [0, 0.1) is 6.92 Å². The van der Waals surface area contributed by atoms with Gasteiger partial charge in [0.2, 0.25) is 11.7 Å². The number of aryl methyl sites for hydroxylation is 2. The van der Waals surface area contributed by atoms with Crippen LogP contribution in [0.15, 0.2) is 63.4 Å². The summed E-state index contributed by atoms with van der Waals surface area (Å²) in [6.07, 6.45) is 0.879. The lowest BCUT2D eigenvalue weighted by molar-refractivity contribution is -0.123. The van der Waals surface area contributed by atoms with Gasteiger partial charge in [0.1, 0.15) is 6.54 Å². The van der Waals surface area contributed by atoms with Crippen LogP contribution in [0.1, 0.15) is 23.9 Å². The van der Waals surface area contributed by atoms with Gasteiger partial charge >= 0.3 is 0 Å². The van der Waals surface area contributed by atoms with Crippen LogP contribution >= 0.6 is 0 Å². The van der Waals surface area contributed by atoms with Crippen molar-refractivity contribution in [2.75, 3.05) is 4.90 Å². The van der Waals surface area contributed by atoms with Gasteiger partial charge in [0, 0.05) is 5.56 Å². The molecule has 3 aromatic rings. The van der Waals surface area contributed by atoms with Crippen molar-refractivity contribution in [3.63, 3.8) is 0 Å². The number of benzene rings is 2. The van der Waals surface area contributed by atoms with Gasteiger partial charge in [0.05, 0.1) is 5.69 Å². The number of anilines is 1. The molecular formula is C22H20N6O3. The lowest BCUT2D eigenvalue weighted by Crippen LogP contribution is -2.39. The third-order valence-corrected chi connectivity index (χ3v) is 5.54. The molecule has 156 valence electrons. The number of fused-ring (bicyclic) bond motifs is 1. The van der Waals surface area contributed by atoms with E-state index in [2.05, 4.69) is 20.5 Å². The largest absolute Gasteiger partial charge is 0.337 e. The lowest BCUT2D eigenvalue weighted by atomic mass is 10.1. The van der Waals surface area contributed by atoms with Crippen LogP contribution < -0.4 is 4.90 Å². The minimum absolute atomic E-state index is 0.0885. The zero-order valence-electron chi connectivity index (χ0n) is 17.1. The average molecular weight is 416 g/mol. The van der Waals surface area contributed by atoms with Crippen LogP contribution in [-0.4, -0.2) is 39.0 Å². The summed E-state index contributed by atoms with van der Waals surface area (Å²) >= 11 is 0. The molecule has 2 atom stereocenters. The highest BCUT2D eigenvalue weighted by molar-refractivity contribution is 6.25. The van der Waals surface area contributed by atoms with E-state index in [1.165, 1.54) is 9.91 Å². The zero-order chi connectivity index (χ0) is 21.5. The third-order valence-electron chi connectivity index (χ3n) is 5.54. The van der Waals surface area contributed by atoms with E-state index in [0.717, 1.165) is 23.1 Å². The summed E-state index contributed by atoms with van der Waals surface area (Å²) in [6, 6.07) is 13.5. The standard InChI is InChI=1S/C22H20N6O3/c1-3-14-6-10-16(11-7-14)28-21(29)18-19(22(28)30)27(26-24-18)12-17-23-20(25-31-17)15-8-4-13(2)5-9-15/h4-11,18-19H,3,12H2,1-2H3/t18-,19+/m0/s1. The van der Waals surface area contributed by atoms with Crippen molar-refractivity contribution in [1.82, 2.24) is 15.1 Å². The van der Waals surface area contributed by atoms with E-state index in [4.69, 9.17) is 4.52 Å². The SMILES string of the molecule is CCc1ccc(N2C(=O)[C@H]3N=NN(Cc4nc(-c5ccc(C)cc5)no4)[C@H]3C2=O)cc1. The number of hydrogen-bond acceptors (Lipinski definition) is 8. The monoisotopic (exact) mass is 416 g/mol. The molecule has 0 aliphatic carbocycles. The molecule has 1 saturated heterocycles. The van der Waals surface area contributed by atoms with Crippen molar-refractivity contribution < 1.29 is 14.1 Å². The molecule has 9 nitrogen and oxygen atoms in total. The fourth-order valence-electron chi connectivity index (χ4n) is 3.77. The maximum Gasteiger partial charge on any atom is 0.263 e. The molecule has 9 heteroatoms. The van der Waals surface area contributed by atoms with Crippen molar-refractivity contribution in [1.29, 1.82) is 0 Å². The second kappa shape index (κ2) is 7.42. The molecule has 0 saturated carbocycles. The molecule has 0 bridgehead atoms. The van der Waals surface area contributed by atoms with Crippen molar-refractivity contribution in [3.8, 4) is 11.4 Å². The smallest absolute Gasteiger partial charge is 0.263 e. The van der Waals surface area contributed by atoms with Crippen LogP contribution in [0.4, 0.5) is 5.69 Å². The van der Waals surface area contributed by atoms with Gasteiger partial charge in [-0.15, -0.1) is 0 Å². The van der Waals surface area contributed by atoms with Crippen LogP contribution in [0.2, 0.25) is 0 Å². The summed E-state index contributed by atoms with van der Waals surface area (Å²) in [4.78, 5) is 31.5. The highest BCUT2D eigenvalue weighted by Gasteiger charge is 2.55. The number of amides is 2. The van der Waals surface area contributed by atoms with Crippen molar-refractivity contribution in [2.45, 2.75) is 38.9 Å². The lowest BCUT2D eigenvalue weighted by Gasteiger charge is -2.19. The fourth-order valence-corrected chi connectivity index (χ4v) is 3.77. The summed E-state index contributed by atoms with van der Waals surface area (Å²) in [5.41, 5.74) is 3.63. The molecule has 2 aliphatic rings. The predicted molar refractivity (Wildman–Crippen MR) is 111 cm³/mol. The quantitative estimate of drug-likeness (QED) is 0.592. The number of hydrogen-bond donors (Lipinski definition) is 0. The average Bonchev–Trinajstić information content (AvgIpc) is 3.47. The Bertz CT molecular complexity index is 1170. The van der Waals surface area contributed by atoms with E-state index in [0.29, 0.717) is 17.4 Å². The van der Waals surface area contributed by atoms with Gasteiger partial charge in [-0.25, -0.2) is 4.90 Å². The molecular weight excluding hydrogens is 396 g/mol. The maximum atomic E-state index is 13.1. The van der Waals surface area contributed by atoms with Gasteiger partial charge in [-0.2, -0.15) is 10.1 Å². The Morgan fingerprint density at radius 1 is 1.00 bits per heavy atom. The number of rotatable bonds is 5. The minimum atomic E-state index is -0.863. The number of imide groups is 1. The Morgan fingerprint density at radius 3 is 2.45 bits per heavy atom. The number of carbonyl (C=O) groups excluding carboxylic acids is 2. The number of nitrogens with zero attached hydrogens (tertiary/aromatic N) is 6. The van der Waals surface area contributed by atoms with E-state index in [1.54, 1.807) is 12.1 Å². The topological polar surface area (TPSA) is 104 Å². The Balaban J connectivity index is 1.34. The summed E-state index contributed by atoms with van der Waals surface area (Å²) in [5.74, 6) is 0.00853. The number of aromatic nitrogens is 2. The highest BCUT2D eigenvalue weighted by atomic mass is 16.5. The molecule has 2 aromatic carbocycles. The Hall–Kier alpha value is -3.88. The first-order valence-corrected chi connectivity index (χ1v) is 10.1. The van der Waals surface area contributed by atoms with E-state index < -0.39 is 12.1 Å². The molecule has 0 unspecified atom stereocenters. The molecule has 1 fully saturated rings. The van der Waals surface area contributed by atoms with Gasteiger partial charge in [-0.05, 0) is 31.0 Å². The highest BCUT2D eigenvalue weighted by Crippen LogP contribution is 2.33. The van der Waals surface area contributed by atoms with E-state index in [-0.39, 0.29) is 18.4 Å². The number of carbonyl (C=O) groups is 2. The molecule has 3 heterocycles. The molecule has 31 heavy (non-hydrogen) atoms. The summed E-state index contributed by atoms with van der Waals surface area (Å²) in [7, 11) is 0. The van der Waals surface area contributed by atoms with E-state index in [1.807, 2.05) is 50.2 Å². The Labute approximate surface area is 178 Å². The van der Waals surface area contributed by atoms with E-state index >= 15 is 0 Å². The summed E-state index contributed by atoms with van der Waals surface area (Å²) in [5, 5.41) is 13.5. The van der Waals surface area contributed by atoms with Crippen LogP contribution in [-0.2, 0) is 22.6 Å². The van der Waals surface area contributed by atoms with Crippen LogP contribution in [0.25, 0.3) is 11.4 Å². The third kappa shape index (κ3) is 3.27. The molecule has 2 aliphatic heterocycles. The van der Waals surface area contributed by atoms with Gasteiger partial charge in [0.15, 0.2) is 12.1 Å². The minimum Gasteiger partial charge on any atom is -0.337 e. The van der Waals surface area contributed by atoms with Gasteiger partial charge in [-0.1, -0.05) is 59.3 Å². The van der Waals surface area contributed by atoms with E-state index in [9.17, 15) is 9.59 Å².